The first kappa shape index (κ1) is 33.4. The maximum Gasteiger partial charge on any atom is 0.319 e. The van der Waals surface area contributed by atoms with E-state index in [2.05, 4.69) is 54.0 Å². The van der Waals surface area contributed by atoms with E-state index in [0.29, 0.717) is 35.9 Å². The van der Waals surface area contributed by atoms with Crippen molar-refractivity contribution < 1.29 is 14.3 Å². The molecule has 2 unspecified atom stereocenters. The van der Waals surface area contributed by atoms with Crippen LogP contribution < -0.4 is 30.3 Å². The Morgan fingerprint density at radius 1 is 1.09 bits per heavy atom. The number of fused-ring (bicyclic) bond motifs is 1. The number of urea groups is 1. The molecule has 2 aliphatic rings. The number of hydrogen-bond donors (Lipinski definition) is 5. The van der Waals surface area contributed by atoms with Crippen molar-refractivity contribution in [3.63, 3.8) is 0 Å². The van der Waals surface area contributed by atoms with Crippen LogP contribution in [-0.2, 0) is 5.41 Å². The van der Waals surface area contributed by atoms with E-state index < -0.39 is 5.54 Å². The fourth-order valence-electron chi connectivity index (χ4n) is 6.46. The lowest BCUT2D eigenvalue weighted by atomic mass is 9.85. The molecule has 3 aromatic rings. The molecule has 2 aromatic carbocycles. The smallest absolute Gasteiger partial charge is 0.319 e. The van der Waals surface area contributed by atoms with Crippen LogP contribution in [-0.4, -0.2) is 53.8 Å². The minimum atomic E-state index is -0.429. The van der Waals surface area contributed by atoms with Crippen LogP contribution in [0.15, 0.2) is 54.7 Å². The van der Waals surface area contributed by atoms with Crippen LogP contribution in [0.4, 0.5) is 16.2 Å². The van der Waals surface area contributed by atoms with Crippen molar-refractivity contribution in [2.24, 2.45) is 0 Å². The highest BCUT2D eigenvalue weighted by Crippen LogP contribution is 2.41. The highest BCUT2D eigenvalue weighted by atomic mass is 32.2. The zero-order valence-electron chi connectivity index (χ0n) is 27.9. The van der Waals surface area contributed by atoms with E-state index in [1.54, 1.807) is 30.0 Å². The molecule has 1 aliphatic carbocycles. The zero-order valence-corrected chi connectivity index (χ0v) is 28.7. The molecule has 2 heterocycles. The van der Waals surface area contributed by atoms with Crippen LogP contribution in [0.1, 0.15) is 82.2 Å². The summed E-state index contributed by atoms with van der Waals surface area (Å²) >= 11 is 1.47. The van der Waals surface area contributed by atoms with Gasteiger partial charge in [-0.05, 0) is 92.6 Å². The number of likely N-dealkylation sites (N-methyl/N-ethyl adjacent to an activating group) is 1. The van der Waals surface area contributed by atoms with Gasteiger partial charge in [0.2, 0.25) is 0 Å². The fraction of sp³-hybridized carbons (Fsp3) is 0.457. The third-order valence-corrected chi connectivity index (χ3v) is 9.73. The SMILES string of the molecule is COc1c(NSC)cc(C(C)(C)C)cc1NC(=O)NC1CCC(Oc2ccc(=N)n(C(=N)[C@@]3(C)CCCN3C)c2)c2ccccc21. The first-order valence-corrected chi connectivity index (χ1v) is 17.0. The normalized spacial score (nSPS) is 21.3. The maximum atomic E-state index is 13.5. The number of amides is 2. The van der Waals surface area contributed by atoms with Crippen molar-refractivity contribution in [3.8, 4) is 11.5 Å². The summed E-state index contributed by atoms with van der Waals surface area (Å²) in [7, 11) is 3.64. The van der Waals surface area contributed by atoms with Crippen LogP contribution in [0, 0.1) is 10.8 Å². The number of carbonyl (C=O) groups excluding carboxylic acids is 1. The van der Waals surface area contributed by atoms with Gasteiger partial charge < -0.3 is 24.8 Å². The van der Waals surface area contributed by atoms with Gasteiger partial charge in [-0.3, -0.25) is 20.3 Å². The molecule has 5 rings (SSSR count). The second-order valence-corrected chi connectivity index (χ2v) is 14.0. The number of methoxy groups -OCH3 is 1. The van der Waals surface area contributed by atoms with Gasteiger partial charge in [-0.2, -0.15) is 0 Å². The Hall–Kier alpha value is -3.96. The van der Waals surface area contributed by atoms with Gasteiger partial charge in [0.05, 0.1) is 36.3 Å². The standard InChI is InChI=1S/C35H47N7O3S/c1-34(2,3)22-19-27(31(44-6)28(20-22)40-46-7)39-33(43)38-26-14-15-29(25-12-9-8-11-24(25)26)45-23-13-16-30(36)42(21-23)32(37)35(4)17-10-18-41(35)5/h8-9,11-13,16,19-21,26,29,36-37,40H,10,14-15,17-18H2,1-7H3,(H2,38,39,43)/t26?,29?,35-/m1/s1. The molecule has 2 amide bonds. The number of rotatable bonds is 8. The quantitative estimate of drug-likeness (QED) is 0.102. The van der Waals surface area contributed by atoms with Gasteiger partial charge in [-0.1, -0.05) is 57.0 Å². The van der Waals surface area contributed by atoms with Crippen LogP contribution in [0.25, 0.3) is 0 Å². The average Bonchev–Trinajstić information content (AvgIpc) is 3.37. The average molecular weight is 646 g/mol. The molecule has 1 saturated heterocycles. The lowest BCUT2D eigenvalue weighted by molar-refractivity contribution is 0.171. The van der Waals surface area contributed by atoms with E-state index in [0.717, 1.165) is 41.8 Å². The van der Waals surface area contributed by atoms with Gasteiger partial charge in [0.1, 0.15) is 23.2 Å². The first-order valence-electron chi connectivity index (χ1n) is 15.8. The van der Waals surface area contributed by atoms with Gasteiger partial charge in [-0.25, -0.2) is 4.79 Å². The first-order chi connectivity index (χ1) is 21.8. The Morgan fingerprint density at radius 2 is 1.80 bits per heavy atom. The predicted molar refractivity (Wildman–Crippen MR) is 186 cm³/mol. The van der Waals surface area contributed by atoms with Crippen molar-refractivity contribution in [2.45, 2.75) is 76.5 Å². The molecule has 11 heteroatoms. The number of nitrogens with one attached hydrogen (secondary N) is 5. The molecule has 1 aromatic heterocycles. The molecule has 0 bridgehead atoms. The largest absolute Gasteiger partial charge is 0.492 e. The molecule has 0 spiro atoms. The van der Waals surface area contributed by atoms with Crippen LogP contribution in [0.2, 0.25) is 0 Å². The molecule has 46 heavy (non-hydrogen) atoms. The molecule has 0 radical (unpaired) electrons. The molecular formula is C35H47N7O3S. The van der Waals surface area contributed by atoms with E-state index in [9.17, 15) is 4.79 Å². The number of anilines is 2. The Bertz CT molecular complexity index is 1670. The Labute approximate surface area is 276 Å². The number of benzene rings is 2. The molecule has 1 fully saturated rings. The highest BCUT2D eigenvalue weighted by molar-refractivity contribution is 7.99. The number of aromatic nitrogens is 1. The summed E-state index contributed by atoms with van der Waals surface area (Å²) in [5, 5.41) is 23.7. The van der Waals surface area contributed by atoms with Gasteiger partial charge in [0.15, 0.2) is 5.75 Å². The van der Waals surface area contributed by atoms with Crippen LogP contribution in [0.3, 0.4) is 0 Å². The van der Waals surface area contributed by atoms with E-state index >= 15 is 0 Å². The number of likely N-dealkylation sites (tertiary alicyclic amines) is 1. The minimum Gasteiger partial charge on any atom is -0.492 e. The Morgan fingerprint density at radius 3 is 2.46 bits per heavy atom. The summed E-state index contributed by atoms with van der Waals surface area (Å²) in [4.78, 5) is 15.7. The molecule has 246 valence electrons. The second kappa shape index (κ2) is 13.4. The number of carbonyl (C=O) groups is 1. The summed E-state index contributed by atoms with van der Waals surface area (Å²) in [6.07, 6.45) is 6.76. The Balaban J connectivity index is 1.34. The number of ether oxygens (including phenoxy) is 2. The van der Waals surface area contributed by atoms with Crippen molar-refractivity contribution in [3.05, 3.63) is 76.9 Å². The highest BCUT2D eigenvalue weighted by Gasteiger charge is 2.39. The van der Waals surface area contributed by atoms with Crippen molar-refractivity contribution in [2.75, 3.05) is 37.0 Å². The van der Waals surface area contributed by atoms with E-state index in [-0.39, 0.29) is 29.1 Å². The lowest BCUT2D eigenvalue weighted by Crippen LogP contribution is -2.50. The number of nitrogens with zero attached hydrogens (tertiary/aromatic N) is 2. The third kappa shape index (κ3) is 6.76. The fourth-order valence-corrected chi connectivity index (χ4v) is 6.83. The van der Waals surface area contributed by atoms with Gasteiger partial charge in [-0.15, -0.1) is 0 Å². The third-order valence-electron chi connectivity index (χ3n) is 9.31. The summed E-state index contributed by atoms with van der Waals surface area (Å²) in [5.41, 5.74) is 4.19. The number of pyridine rings is 1. The van der Waals surface area contributed by atoms with Crippen molar-refractivity contribution >= 4 is 35.2 Å². The molecule has 1 aliphatic heterocycles. The molecular weight excluding hydrogens is 598 g/mol. The maximum absolute atomic E-state index is 13.5. The molecule has 3 atom stereocenters. The van der Waals surface area contributed by atoms with E-state index in [1.807, 2.05) is 43.6 Å². The zero-order chi connectivity index (χ0) is 33.2. The summed E-state index contributed by atoms with van der Waals surface area (Å²) in [6.45, 7) is 9.41. The molecule has 5 N–H and O–H groups in total. The van der Waals surface area contributed by atoms with Gasteiger partial charge in [0.25, 0.3) is 0 Å². The van der Waals surface area contributed by atoms with Crippen molar-refractivity contribution in [1.82, 2.24) is 14.8 Å². The van der Waals surface area contributed by atoms with Crippen molar-refractivity contribution in [1.29, 1.82) is 10.8 Å². The van der Waals surface area contributed by atoms with E-state index in [4.69, 9.17) is 20.3 Å². The lowest BCUT2D eigenvalue weighted by Gasteiger charge is -2.34. The molecule has 0 saturated carbocycles. The van der Waals surface area contributed by atoms with E-state index in [1.165, 1.54) is 11.9 Å². The summed E-state index contributed by atoms with van der Waals surface area (Å²) in [5.74, 6) is 1.56. The second-order valence-electron chi connectivity index (χ2n) is 13.4. The van der Waals surface area contributed by atoms with Crippen LogP contribution >= 0.6 is 11.9 Å². The summed E-state index contributed by atoms with van der Waals surface area (Å²) < 4.78 is 17.2. The topological polar surface area (TPSA) is 127 Å². The minimum absolute atomic E-state index is 0.128. The van der Waals surface area contributed by atoms with Gasteiger partial charge >= 0.3 is 6.03 Å². The van der Waals surface area contributed by atoms with Gasteiger partial charge in [0, 0.05) is 6.26 Å². The monoisotopic (exact) mass is 645 g/mol. The summed E-state index contributed by atoms with van der Waals surface area (Å²) in [6, 6.07) is 15.1. The Kier molecular flexibility index (Phi) is 9.74. The molecule has 10 nitrogen and oxygen atoms in total. The predicted octanol–water partition coefficient (Wildman–Crippen LogP) is 7.05. The number of hydrogen-bond acceptors (Lipinski definition) is 8. The van der Waals surface area contributed by atoms with Crippen LogP contribution in [0.5, 0.6) is 11.5 Å².